The Bertz CT molecular complexity index is 573. The molecule has 0 fully saturated rings. The average Bonchev–Trinajstić information content (AvgIpc) is 2.72. The van der Waals surface area contributed by atoms with E-state index in [9.17, 15) is 4.39 Å². The van der Waals surface area contributed by atoms with Gasteiger partial charge in [0.25, 0.3) is 0 Å². The minimum Gasteiger partial charge on any atom is -0.381 e. The van der Waals surface area contributed by atoms with Gasteiger partial charge in [-0.3, -0.25) is 4.68 Å². The third kappa shape index (κ3) is 3.13. The first-order chi connectivity index (χ1) is 8.97. The molecule has 0 amide bonds. The summed E-state index contributed by atoms with van der Waals surface area (Å²) >= 11 is 0. The summed E-state index contributed by atoms with van der Waals surface area (Å²) in [5.74, 6) is 0.225. The number of aryl methyl sites for hydroxylation is 2. The third-order valence-corrected chi connectivity index (χ3v) is 3.12. The zero-order chi connectivity index (χ0) is 14.0. The molecule has 1 aromatic heterocycles. The van der Waals surface area contributed by atoms with E-state index in [1.54, 1.807) is 13.0 Å². The molecule has 1 N–H and O–H groups in total. The first-order valence-corrected chi connectivity index (χ1v) is 6.50. The smallest absolute Gasteiger partial charge is 0.126 e. The highest BCUT2D eigenvalue weighted by molar-refractivity contribution is 5.46. The second-order valence-corrected chi connectivity index (χ2v) is 5.19. The molecule has 0 spiro atoms. The van der Waals surface area contributed by atoms with E-state index in [1.807, 2.05) is 24.0 Å². The van der Waals surface area contributed by atoms with Crippen LogP contribution in [0, 0.1) is 12.7 Å². The topological polar surface area (TPSA) is 29.9 Å². The van der Waals surface area contributed by atoms with E-state index in [4.69, 9.17) is 0 Å². The Morgan fingerprint density at radius 3 is 2.74 bits per heavy atom. The highest BCUT2D eigenvalue weighted by Crippen LogP contribution is 2.19. The largest absolute Gasteiger partial charge is 0.381 e. The lowest BCUT2D eigenvalue weighted by molar-refractivity contribution is 0.618. The number of benzene rings is 1. The summed E-state index contributed by atoms with van der Waals surface area (Å²) in [5.41, 5.74) is 3.87. The molecule has 3 nitrogen and oxygen atoms in total. The molecule has 0 aliphatic carbocycles. The molecule has 1 heterocycles. The van der Waals surface area contributed by atoms with Crippen LogP contribution < -0.4 is 5.32 Å². The maximum atomic E-state index is 13.2. The quantitative estimate of drug-likeness (QED) is 0.911. The Morgan fingerprint density at radius 2 is 2.11 bits per heavy atom. The number of hydrogen-bond acceptors (Lipinski definition) is 2. The Morgan fingerprint density at radius 1 is 1.37 bits per heavy atom. The molecule has 2 aromatic rings. The van der Waals surface area contributed by atoms with Gasteiger partial charge in [-0.05, 0) is 36.6 Å². The van der Waals surface area contributed by atoms with E-state index in [2.05, 4.69) is 24.3 Å². The Labute approximate surface area is 113 Å². The van der Waals surface area contributed by atoms with Gasteiger partial charge in [0.15, 0.2) is 0 Å². The average molecular weight is 261 g/mol. The van der Waals surface area contributed by atoms with Gasteiger partial charge in [-0.15, -0.1) is 0 Å². The first-order valence-electron chi connectivity index (χ1n) is 6.50. The molecule has 102 valence electrons. The monoisotopic (exact) mass is 261 g/mol. The van der Waals surface area contributed by atoms with Crippen LogP contribution in [0.5, 0.6) is 0 Å². The number of aromatic nitrogens is 2. The lowest BCUT2D eigenvalue weighted by Gasteiger charge is -2.09. The van der Waals surface area contributed by atoms with Gasteiger partial charge in [0.2, 0.25) is 0 Å². The summed E-state index contributed by atoms with van der Waals surface area (Å²) in [6.07, 6.45) is 2.03. The Kier molecular flexibility index (Phi) is 3.88. The number of anilines is 1. The maximum absolute atomic E-state index is 13.2. The van der Waals surface area contributed by atoms with Crippen molar-refractivity contribution < 1.29 is 4.39 Å². The second kappa shape index (κ2) is 5.43. The van der Waals surface area contributed by atoms with Crippen molar-refractivity contribution in [2.24, 2.45) is 7.05 Å². The number of nitrogens with zero attached hydrogens (tertiary/aromatic N) is 2. The van der Waals surface area contributed by atoms with Crippen LogP contribution in [-0.4, -0.2) is 9.78 Å². The molecule has 19 heavy (non-hydrogen) atoms. The maximum Gasteiger partial charge on any atom is 0.126 e. The summed E-state index contributed by atoms with van der Waals surface area (Å²) in [7, 11) is 1.93. The van der Waals surface area contributed by atoms with Crippen LogP contribution >= 0.6 is 0 Å². The van der Waals surface area contributed by atoms with E-state index in [-0.39, 0.29) is 5.82 Å². The van der Waals surface area contributed by atoms with Crippen LogP contribution in [0.25, 0.3) is 0 Å². The fraction of sp³-hybridized carbons (Fsp3) is 0.400. The van der Waals surface area contributed by atoms with E-state index in [1.165, 1.54) is 11.6 Å². The molecule has 2 rings (SSSR count). The highest BCUT2D eigenvalue weighted by atomic mass is 19.1. The van der Waals surface area contributed by atoms with E-state index < -0.39 is 0 Å². The number of nitrogens with one attached hydrogen (secondary N) is 1. The molecule has 0 radical (unpaired) electrons. The van der Waals surface area contributed by atoms with Crippen LogP contribution in [0.1, 0.15) is 36.6 Å². The standard InChI is InChI=1S/C15H20FN3/c1-10(2)15-12(9-19(4)18-15)8-17-13-5-6-14(16)11(3)7-13/h5-7,9-10,17H,8H2,1-4H3. The summed E-state index contributed by atoms with van der Waals surface area (Å²) in [5, 5.41) is 7.79. The van der Waals surface area contributed by atoms with Gasteiger partial charge in [0.1, 0.15) is 5.82 Å². The van der Waals surface area contributed by atoms with Crippen molar-refractivity contribution in [3.05, 3.63) is 47.0 Å². The first kappa shape index (κ1) is 13.6. The fourth-order valence-corrected chi connectivity index (χ4v) is 2.13. The molecule has 0 bridgehead atoms. The highest BCUT2D eigenvalue weighted by Gasteiger charge is 2.11. The number of hydrogen-bond donors (Lipinski definition) is 1. The lowest BCUT2D eigenvalue weighted by Crippen LogP contribution is -2.03. The van der Waals surface area contributed by atoms with Crippen LogP contribution in [0.15, 0.2) is 24.4 Å². The van der Waals surface area contributed by atoms with Crippen molar-refractivity contribution >= 4 is 5.69 Å². The van der Waals surface area contributed by atoms with Crippen molar-refractivity contribution in [2.75, 3.05) is 5.32 Å². The fourth-order valence-electron chi connectivity index (χ4n) is 2.13. The predicted octanol–water partition coefficient (Wildman–Crippen LogP) is 3.60. The molecule has 0 unspecified atom stereocenters. The van der Waals surface area contributed by atoms with Crippen LogP contribution in [-0.2, 0) is 13.6 Å². The molecule has 0 aliphatic heterocycles. The molecule has 1 aromatic carbocycles. The molecule has 0 atom stereocenters. The molecule has 4 heteroatoms. The zero-order valence-corrected chi connectivity index (χ0v) is 11.9. The van der Waals surface area contributed by atoms with Gasteiger partial charge < -0.3 is 5.32 Å². The SMILES string of the molecule is Cc1cc(NCc2cn(C)nc2C(C)C)ccc1F. The summed E-state index contributed by atoms with van der Waals surface area (Å²) in [4.78, 5) is 0. The van der Waals surface area contributed by atoms with Gasteiger partial charge >= 0.3 is 0 Å². The zero-order valence-electron chi connectivity index (χ0n) is 11.9. The number of rotatable bonds is 4. The van der Waals surface area contributed by atoms with E-state index >= 15 is 0 Å². The normalized spacial score (nSPS) is 11.1. The number of halogens is 1. The van der Waals surface area contributed by atoms with Gasteiger partial charge in [-0.2, -0.15) is 5.10 Å². The molecule has 0 saturated heterocycles. The van der Waals surface area contributed by atoms with Crippen LogP contribution in [0.3, 0.4) is 0 Å². The van der Waals surface area contributed by atoms with Gasteiger partial charge in [-0.1, -0.05) is 13.8 Å². The minimum atomic E-state index is -0.171. The third-order valence-electron chi connectivity index (χ3n) is 3.12. The summed E-state index contributed by atoms with van der Waals surface area (Å²) in [6, 6.07) is 5.07. The van der Waals surface area contributed by atoms with Gasteiger partial charge in [0, 0.05) is 31.0 Å². The molecular formula is C15H20FN3. The van der Waals surface area contributed by atoms with Crippen molar-refractivity contribution in [1.29, 1.82) is 0 Å². The van der Waals surface area contributed by atoms with Crippen molar-refractivity contribution in [3.63, 3.8) is 0 Å². The summed E-state index contributed by atoms with van der Waals surface area (Å²) < 4.78 is 15.0. The van der Waals surface area contributed by atoms with E-state index in [0.717, 1.165) is 11.4 Å². The second-order valence-electron chi connectivity index (χ2n) is 5.19. The predicted molar refractivity (Wildman–Crippen MR) is 75.8 cm³/mol. The Balaban J connectivity index is 2.12. The summed E-state index contributed by atoms with van der Waals surface area (Å²) in [6.45, 7) is 6.73. The van der Waals surface area contributed by atoms with Crippen molar-refractivity contribution in [2.45, 2.75) is 33.2 Å². The van der Waals surface area contributed by atoms with Crippen LogP contribution in [0.2, 0.25) is 0 Å². The van der Waals surface area contributed by atoms with E-state index in [0.29, 0.717) is 18.0 Å². The van der Waals surface area contributed by atoms with Crippen molar-refractivity contribution in [3.8, 4) is 0 Å². The minimum absolute atomic E-state index is 0.171. The van der Waals surface area contributed by atoms with Gasteiger partial charge in [-0.25, -0.2) is 4.39 Å². The Hall–Kier alpha value is -1.84. The molecule has 0 saturated carbocycles. The van der Waals surface area contributed by atoms with Gasteiger partial charge in [0.05, 0.1) is 5.69 Å². The molecular weight excluding hydrogens is 241 g/mol. The van der Waals surface area contributed by atoms with Crippen LogP contribution in [0.4, 0.5) is 10.1 Å². The lowest BCUT2D eigenvalue weighted by atomic mass is 10.1. The molecule has 0 aliphatic rings. The van der Waals surface area contributed by atoms with Crippen molar-refractivity contribution in [1.82, 2.24) is 9.78 Å².